The number of hydrogen-bond acceptors (Lipinski definition) is 4. The SMILES string of the molecule is COc1ccc(Nc2ccccc2C(=O)NC(C)CCO)cc1. The van der Waals surface area contributed by atoms with Gasteiger partial charge in [0.15, 0.2) is 0 Å². The molecule has 0 aromatic heterocycles. The van der Waals surface area contributed by atoms with Crippen molar-refractivity contribution in [2.45, 2.75) is 19.4 Å². The zero-order chi connectivity index (χ0) is 16.7. The average molecular weight is 314 g/mol. The van der Waals surface area contributed by atoms with Crippen LogP contribution < -0.4 is 15.4 Å². The maximum atomic E-state index is 12.4. The fraction of sp³-hybridized carbons (Fsp3) is 0.278. The minimum absolute atomic E-state index is 0.0488. The summed E-state index contributed by atoms with van der Waals surface area (Å²) in [5.41, 5.74) is 2.16. The Balaban J connectivity index is 2.14. The molecule has 2 aromatic rings. The molecule has 23 heavy (non-hydrogen) atoms. The molecule has 0 saturated heterocycles. The van der Waals surface area contributed by atoms with Crippen LogP contribution in [0.3, 0.4) is 0 Å². The highest BCUT2D eigenvalue weighted by Gasteiger charge is 2.13. The van der Waals surface area contributed by atoms with Gasteiger partial charge in [0.2, 0.25) is 0 Å². The van der Waals surface area contributed by atoms with Crippen molar-refractivity contribution in [3.05, 3.63) is 54.1 Å². The summed E-state index contributed by atoms with van der Waals surface area (Å²) in [6, 6.07) is 14.7. The van der Waals surface area contributed by atoms with E-state index in [0.29, 0.717) is 12.0 Å². The lowest BCUT2D eigenvalue weighted by molar-refractivity contribution is 0.0935. The Bertz CT molecular complexity index is 641. The topological polar surface area (TPSA) is 70.6 Å². The molecular formula is C18H22N2O3. The van der Waals surface area contributed by atoms with Crippen LogP contribution in [0.5, 0.6) is 5.75 Å². The number of para-hydroxylation sites is 1. The quantitative estimate of drug-likeness (QED) is 0.735. The van der Waals surface area contributed by atoms with E-state index in [1.165, 1.54) is 0 Å². The van der Waals surface area contributed by atoms with Crippen LogP contribution in [0.1, 0.15) is 23.7 Å². The third kappa shape index (κ3) is 4.72. The third-order valence-corrected chi connectivity index (χ3v) is 3.48. The second kappa shape index (κ2) is 8.19. The zero-order valence-corrected chi connectivity index (χ0v) is 13.4. The Morgan fingerprint density at radius 2 is 1.87 bits per heavy atom. The molecule has 0 radical (unpaired) electrons. The molecule has 0 fully saturated rings. The van der Waals surface area contributed by atoms with Crippen LogP contribution in [0.2, 0.25) is 0 Å². The summed E-state index contributed by atoms with van der Waals surface area (Å²) in [5, 5.41) is 15.1. The van der Waals surface area contributed by atoms with Crippen LogP contribution in [0.15, 0.2) is 48.5 Å². The van der Waals surface area contributed by atoms with Gasteiger partial charge in [0.25, 0.3) is 5.91 Å². The molecule has 2 rings (SSSR count). The molecule has 0 aliphatic heterocycles. The van der Waals surface area contributed by atoms with Gasteiger partial charge >= 0.3 is 0 Å². The number of anilines is 2. The minimum Gasteiger partial charge on any atom is -0.497 e. The monoisotopic (exact) mass is 314 g/mol. The first kappa shape index (κ1) is 16.8. The first-order valence-electron chi connectivity index (χ1n) is 7.56. The summed E-state index contributed by atoms with van der Waals surface area (Å²) in [7, 11) is 1.62. The molecule has 1 amide bonds. The zero-order valence-electron chi connectivity index (χ0n) is 13.4. The molecule has 1 unspecified atom stereocenters. The Labute approximate surface area is 136 Å². The average Bonchev–Trinajstić information content (AvgIpc) is 2.56. The summed E-state index contributed by atoms with van der Waals surface area (Å²) in [6.07, 6.45) is 0.528. The van der Waals surface area contributed by atoms with Crippen LogP contribution >= 0.6 is 0 Å². The smallest absolute Gasteiger partial charge is 0.253 e. The lowest BCUT2D eigenvalue weighted by atomic mass is 10.1. The van der Waals surface area contributed by atoms with Gasteiger partial charge in [0.1, 0.15) is 5.75 Å². The summed E-state index contributed by atoms with van der Waals surface area (Å²) in [4.78, 5) is 12.4. The number of carbonyl (C=O) groups excluding carboxylic acids is 1. The maximum Gasteiger partial charge on any atom is 0.253 e. The Morgan fingerprint density at radius 3 is 2.52 bits per heavy atom. The Kier molecular flexibility index (Phi) is 6.00. The number of benzene rings is 2. The predicted octanol–water partition coefficient (Wildman–Crippen LogP) is 2.94. The fourth-order valence-corrected chi connectivity index (χ4v) is 2.19. The number of carbonyl (C=O) groups is 1. The number of hydrogen-bond donors (Lipinski definition) is 3. The van der Waals surface area contributed by atoms with Gasteiger partial charge < -0.3 is 20.5 Å². The largest absolute Gasteiger partial charge is 0.497 e. The molecule has 0 aliphatic rings. The molecule has 3 N–H and O–H groups in total. The molecule has 1 atom stereocenters. The van der Waals surface area contributed by atoms with Crippen LogP contribution in [-0.4, -0.2) is 30.8 Å². The van der Waals surface area contributed by atoms with Gasteiger partial charge in [-0.25, -0.2) is 0 Å². The number of ether oxygens (including phenoxy) is 1. The number of aliphatic hydroxyl groups excluding tert-OH is 1. The van der Waals surface area contributed by atoms with E-state index in [2.05, 4.69) is 10.6 Å². The van der Waals surface area contributed by atoms with Crippen molar-refractivity contribution in [3.8, 4) is 5.75 Å². The molecule has 0 saturated carbocycles. The van der Waals surface area contributed by atoms with E-state index in [1.807, 2.05) is 49.4 Å². The Morgan fingerprint density at radius 1 is 1.17 bits per heavy atom. The van der Waals surface area contributed by atoms with Gasteiger partial charge in [0.05, 0.1) is 18.4 Å². The van der Waals surface area contributed by atoms with E-state index in [9.17, 15) is 4.79 Å². The normalized spacial score (nSPS) is 11.6. The highest BCUT2D eigenvalue weighted by Crippen LogP contribution is 2.23. The first-order valence-corrected chi connectivity index (χ1v) is 7.56. The number of rotatable bonds is 7. The third-order valence-electron chi connectivity index (χ3n) is 3.48. The second-order valence-electron chi connectivity index (χ2n) is 5.29. The second-order valence-corrected chi connectivity index (χ2v) is 5.29. The van der Waals surface area contributed by atoms with Crippen LogP contribution in [0, 0.1) is 0 Å². The maximum absolute atomic E-state index is 12.4. The summed E-state index contributed by atoms with van der Waals surface area (Å²) >= 11 is 0. The van der Waals surface area contributed by atoms with Gasteiger partial charge in [-0.05, 0) is 49.7 Å². The number of aliphatic hydroxyl groups is 1. The van der Waals surface area contributed by atoms with E-state index in [1.54, 1.807) is 13.2 Å². The molecule has 0 aliphatic carbocycles. The molecule has 122 valence electrons. The number of nitrogens with one attached hydrogen (secondary N) is 2. The van der Waals surface area contributed by atoms with Gasteiger partial charge in [-0.1, -0.05) is 12.1 Å². The highest BCUT2D eigenvalue weighted by molar-refractivity contribution is 6.00. The molecule has 5 heteroatoms. The van der Waals surface area contributed by atoms with Crippen molar-refractivity contribution < 1.29 is 14.6 Å². The van der Waals surface area contributed by atoms with E-state index in [-0.39, 0.29) is 18.6 Å². The van der Waals surface area contributed by atoms with Crippen molar-refractivity contribution in [2.75, 3.05) is 19.0 Å². The van der Waals surface area contributed by atoms with Crippen LogP contribution in [0.25, 0.3) is 0 Å². The molecular weight excluding hydrogens is 292 g/mol. The number of methoxy groups -OCH3 is 1. The predicted molar refractivity (Wildman–Crippen MR) is 91.3 cm³/mol. The lowest BCUT2D eigenvalue weighted by Gasteiger charge is -2.16. The van der Waals surface area contributed by atoms with E-state index < -0.39 is 0 Å². The highest BCUT2D eigenvalue weighted by atomic mass is 16.5. The minimum atomic E-state index is -0.164. The van der Waals surface area contributed by atoms with Crippen molar-refractivity contribution in [1.29, 1.82) is 0 Å². The molecule has 2 aromatic carbocycles. The van der Waals surface area contributed by atoms with E-state index >= 15 is 0 Å². The van der Waals surface area contributed by atoms with E-state index in [4.69, 9.17) is 9.84 Å². The molecule has 5 nitrogen and oxygen atoms in total. The van der Waals surface area contributed by atoms with Gasteiger partial charge in [-0.3, -0.25) is 4.79 Å². The molecule has 0 spiro atoms. The summed E-state index contributed by atoms with van der Waals surface area (Å²) < 4.78 is 5.14. The fourth-order valence-electron chi connectivity index (χ4n) is 2.19. The van der Waals surface area contributed by atoms with Crippen LogP contribution in [0.4, 0.5) is 11.4 Å². The van der Waals surface area contributed by atoms with Gasteiger partial charge in [-0.2, -0.15) is 0 Å². The van der Waals surface area contributed by atoms with Crippen molar-refractivity contribution in [3.63, 3.8) is 0 Å². The van der Waals surface area contributed by atoms with E-state index in [0.717, 1.165) is 17.1 Å². The molecule has 0 bridgehead atoms. The molecule has 0 heterocycles. The van der Waals surface area contributed by atoms with Crippen molar-refractivity contribution >= 4 is 17.3 Å². The van der Waals surface area contributed by atoms with Crippen molar-refractivity contribution in [1.82, 2.24) is 5.32 Å². The van der Waals surface area contributed by atoms with Crippen LogP contribution in [-0.2, 0) is 0 Å². The standard InChI is InChI=1S/C18H22N2O3/c1-13(11-12-21)19-18(22)16-5-3-4-6-17(16)20-14-7-9-15(23-2)10-8-14/h3-10,13,20-21H,11-12H2,1-2H3,(H,19,22). The Hall–Kier alpha value is -2.53. The summed E-state index contributed by atoms with van der Waals surface area (Å²) in [6.45, 7) is 1.92. The number of amides is 1. The van der Waals surface area contributed by atoms with Gasteiger partial charge in [-0.15, -0.1) is 0 Å². The first-order chi connectivity index (χ1) is 11.1. The lowest BCUT2D eigenvalue weighted by Crippen LogP contribution is -2.33. The summed E-state index contributed by atoms with van der Waals surface area (Å²) in [5.74, 6) is 0.613. The van der Waals surface area contributed by atoms with Gasteiger partial charge in [0, 0.05) is 18.3 Å². The van der Waals surface area contributed by atoms with Crippen molar-refractivity contribution in [2.24, 2.45) is 0 Å².